The number of thioether (sulfide) groups is 1. The zero-order valence-corrected chi connectivity index (χ0v) is 18.4. The number of rotatable bonds is 4. The number of para-hydroxylation sites is 1. The van der Waals surface area contributed by atoms with E-state index in [-0.39, 0.29) is 11.1 Å². The summed E-state index contributed by atoms with van der Waals surface area (Å²) in [5.41, 5.74) is 0.501. The first-order chi connectivity index (χ1) is 14.8. The van der Waals surface area contributed by atoms with E-state index in [1.807, 2.05) is 12.1 Å². The summed E-state index contributed by atoms with van der Waals surface area (Å²) in [6.07, 6.45) is 0. The molecule has 3 rings (SSSR count). The summed E-state index contributed by atoms with van der Waals surface area (Å²) in [6.45, 7) is 1.62. The number of benzene rings is 1. The molecule has 10 heteroatoms. The van der Waals surface area contributed by atoms with E-state index < -0.39 is 35.8 Å². The van der Waals surface area contributed by atoms with Crippen molar-refractivity contribution in [2.75, 3.05) is 33.3 Å². The number of carbonyl (C=O) groups is 4. The molecule has 2 atom stereocenters. The van der Waals surface area contributed by atoms with Crippen molar-refractivity contribution >= 4 is 41.3 Å². The van der Waals surface area contributed by atoms with Crippen molar-refractivity contribution in [1.29, 1.82) is 0 Å². The number of fused-ring (bicyclic) bond motifs is 3. The number of esters is 4. The van der Waals surface area contributed by atoms with Gasteiger partial charge in [-0.1, -0.05) is 23.9 Å². The Bertz CT molecular complexity index is 1030. The van der Waals surface area contributed by atoms with Gasteiger partial charge in [-0.2, -0.15) is 0 Å². The zero-order chi connectivity index (χ0) is 22.9. The maximum Gasteiger partial charge on any atom is 0.338 e. The molecule has 0 fully saturated rings. The molecule has 0 N–H and O–H groups in total. The van der Waals surface area contributed by atoms with E-state index in [4.69, 9.17) is 18.9 Å². The lowest BCUT2D eigenvalue weighted by molar-refractivity contribution is -0.154. The van der Waals surface area contributed by atoms with Crippen LogP contribution in [0.1, 0.15) is 6.92 Å². The summed E-state index contributed by atoms with van der Waals surface area (Å²) in [6, 6.07) is 5.90. The van der Waals surface area contributed by atoms with Crippen LogP contribution in [0, 0.1) is 5.92 Å². The predicted molar refractivity (Wildman–Crippen MR) is 110 cm³/mol. The van der Waals surface area contributed by atoms with Gasteiger partial charge >= 0.3 is 23.9 Å². The van der Waals surface area contributed by atoms with Gasteiger partial charge in [0.1, 0.15) is 12.0 Å². The zero-order valence-electron chi connectivity index (χ0n) is 17.6. The standard InChI is InChI=1S/C21H21NO8S/c1-10-13(18(23)27-2)14(19(24)28-3)15(20(25)29-4)16(21(26)30-5)22-11-8-6-7-9-12(11)31-17(10)22/h6-9,15-16H,1-5H3. The Kier molecular flexibility index (Phi) is 6.40. The molecule has 9 nitrogen and oxygen atoms in total. The topological polar surface area (TPSA) is 108 Å². The van der Waals surface area contributed by atoms with Gasteiger partial charge in [-0.05, 0) is 24.6 Å². The lowest BCUT2D eigenvalue weighted by Gasteiger charge is -2.32. The third kappa shape index (κ3) is 3.56. The molecule has 2 heterocycles. The minimum absolute atomic E-state index is 0.156. The first kappa shape index (κ1) is 22.4. The van der Waals surface area contributed by atoms with Gasteiger partial charge in [0.2, 0.25) is 0 Å². The minimum atomic E-state index is -1.52. The van der Waals surface area contributed by atoms with Gasteiger partial charge in [0.15, 0.2) is 0 Å². The third-order valence-electron chi connectivity index (χ3n) is 5.11. The van der Waals surface area contributed by atoms with Gasteiger partial charge < -0.3 is 23.8 Å². The number of nitrogens with zero attached hydrogens (tertiary/aromatic N) is 1. The highest BCUT2D eigenvalue weighted by atomic mass is 32.2. The van der Waals surface area contributed by atoms with Gasteiger partial charge in [-0.15, -0.1) is 0 Å². The largest absolute Gasteiger partial charge is 0.468 e. The quantitative estimate of drug-likeness (QED) is 0.501. The molecule has 1 aromatic carbocycles. The molecule has 1 aromatic rings. The Balaban J connectivity index is 2.46. The van der Waals surface area contributed by atoms with E-state index >= 15 is 0 Å². The molecular formula is C21H21NO8S. The van der Waals surface area contributed by atoms with E-state index in [1.54, 1.807) is 24.0 Å². The molecule has 31 heavy (non-hydrogen) atoms. The molecule has 0 aliphatic carbocycles. The van der Waals surface area contributed by atoms with Crippen LogP contribution in [0.25, 0.3) is 0 Å². The lowest BCUT2D eigenvalue weighted by Crippen LogP contribution is -2.49. The summed E-state index contributed by atoms with van der Waals surface area (Å²) in [4.78, 5) is 54.1. The second-order valence-corrected chi connectivity index (χ2v) is 7.64. The number of hydrogen-bond donors (Lipinski definition) is 0. The molecule has 2 aliphatic heterocycles. The monoisotopic (exact) mass is 447 g/mol. The van der Waals surface area contributed by atoms with Crippen molar-refractivity contribution in [2.24, 2.45) is 5.92 Å². The Morgan fingerprint density at radius 1 is 0.871 bits per heavy atom. The van der Waals surface area contributed by atoms with Crippen LogP contribution in [0.4, 0.5) is 5.69 Å². The van der Waals surface area contributed by atoms with E-state index in [0.717, 1.165) is 26.2 Å². The van der Waals surface area contributed by atoms with Crippen LogP contribution in [-0.4, -0.2) is 58.4 Å². The average molecular weight is 447 g/mol. The van der Waals surface area contributed by atoms with Gasteiger partial charge in [-0.3, -0.25) is 4.79 Å². The first-order valence-corrected chi connectivity index (χ1v) is 9.97. The number of methoxy groups -OCH3 is 4. The van der Waals surface area contributed by atoms with Crippen molar-refractivity contribution in [2.45, 2.75) is 17.9 Å². The summed E-state index contributed by atoms with van der Waals surface area (Å²) in [7, 11) is 4.58. The molecule has 2 unspecified atom stereocenters. The fourth-order valence-electron chi connectivity index (χ4n) is 3.75. The van der Waals surface area contributed by atoms with Crippen molar-refractivity contribution in [3.63, 3.8) is 0 Å². The van der Waals surface area contributed by atoms with Crippen LogP contribution >= 0.6 is 11.8 Å². The Labute approximate surface area is 182 Å². The van der Waals surface area contributed by atoms with Crippen molar-refractivity contribution in [3.05, 3.63) is 46.0 Å². The number of carbonyl (C=O) groups excluding carboxylic acids is 4. The van der Waals surface area contributed by atoms with Gasteiger partial charge in [0.25, 0.3) is 0 Å². The SMILES string of the molecule is COC(=O)C1=C(C(=O)OC)C(C(=O)OC)C(C(=O)OC)N2C(=C1C)Sc1ccccc12. The molecule has 0 aromatic heterocycles. The molecule has 0 spiro atoms. The highest BCUT2D eigenvalue weighted by Crippen LogP contribution is 2.52. The van der Waals surface area contributed by atoms with Gasteiger partial charge in [0, 0.05) is 4.90 Å². The van der Waals surface area contributed by atoms with E-state index in [1.165, 1.54) is 18.9 Å². The van der Waals surface area contributed by atoms with E-state index in [9.17, 15) is 19.2 Å². The summed E-state index contributed by atoms with van der Waals surface area (Å²) < 4.78 is 19.7. The van der Waals surface area contributed by atoms with Gasteiger partial charge in [0.05, 0.1) is 50.3 Å². The molecule has 0 bridgehead atoms. The molecular weight excluding hydrogens is 426 g/mol. The fourth-order valence-corrected chi connectivity index (χ4v) is 4.94. The Morgan fingerprint density at radius 2 is 1.48 bits per heavy atom. The third-order valence-corrected chi connectivity index (χ3v) is 6.37. The number of anilines is 1. The lowest BCUT2D eigenvalue weighted by atomic mass is 9.86. The highest BCUT2D eigenvalue weighted by molar-refractivity contribution is 8.03. The molecule has 0 saturated carbocycles. The normalized spacial score (nSPS) is 19.8. The number of ether oxygens (including phenoxy) is 4. The Morgan fingerprint density at radius 3 is 2.06 bits per heavy atom. The smallest absolute Gasteiger partial charge is 0.338 e. The Hall–Kier alpha value is -3.27. The van der Waals surface area contributed by atoms with Crippen LogP contribution in [0.3, 0.4) is 0 Å². The predicted octanol–water partition coefficient (Wildman–Crippen LogP) is 1.82. The fraction of sp³-hybridized carbons (Fsp3) is 0.333. The highest BCUT2D eigenvalue weighted by Gasteiger charge is 2.52. The molecule has 164 valence electrons. The maximum absolute atomic E-state index is 13.0. The first-order valence-electron chi connectivity index (χ1n) is 9.16. The van der Waals surface area contributed by atoms with Crippen LogP contribution in [0.2, 0.25) is 0 Å². The van der Waals surface area contributed by atoms with Crippen molar-refractivity contribution < 1.29 is 38.1 Å². The van der Waals surface area contributed by atoms with Crippen LogP contribution in [0.5, 0.6) is 0 Å². The summed E-state index contributed by atoms with van der Waals surface area (Å²) >= 11 is 1.30. The molecule has 2 aliphatic rings. The van der Waals surface area contributed by atoms with E-state index in [0.29, 0.717) is 16.3 Å². The van der Waals surface area contributed by atoms with Crippen molar-refractivity contribution in [3.8, 4) is 0 Å². The summed E-state index contributed by atoms with van der Waals surface area (Å²) in [5.74, 6) is -5.00. The second-order valence-electron chi connectivity index (χ2n) is 6.61. The van der Waals surface area contributed by atoms with Crippen LogP contribution in [0.15, 0.2) is 50.9 Å². The van der Waals surface area contributed by atoms with Crippen LogP contribution < -0.4 is 4.90 Å². The van der Waals surface area contributed by atoms with Crippen molar-refractivity contribution in [1.82, 2.24) is 0 Å². The van der Waals surface area contributed by atoms with Gasteiger partial charge in [-0.25, -0.2) is 14.4 Å². The second kappa shape index (κ2) is 8.84. The summed E-state index contributed by atoms with van der Waals surface area (Å²) in [5, 5.41) is 0.491. The average Bonchev–Trinajstić information content (AvgIpc) is 3.13. The molecule has 0 saturated heterocycles. The minimum Gasteiger partial charge on any atom is -0.468 e. The molecule has 0 amide bonds. The number of hydrogen-bond acceptors (Lipinski definition) is 10. The van der Waals surface area contributed by atoms with Crippen LogP contribution in [-0.2, 0) is 38.1 Å². The molecule has 0 radical (unpaired) electrons. The maximum atomic E-state index is 13.0. The van der Waals surface area contributed by atoms with E-state index in [2.05, 4.69) is 0 Å².